The molecular formula is C16H18FN3O. The molecule has 110 valence electrons. The number of aromatic nitrogens is 1. The summed E-state index contributed by atoms with van der Waals surface area (Å²) in [6, 6.07) is 8.88. The molecule has 0 aliphatic carbocycles. The lowest BCUT2D eigenvalue weighted by Gasteiger charge is -2.20. The topological polar surface area (TPSA) is 45.2 Å². The molecule has 0 bridgehead atoms. The zero-order valence-electron chi connectivity index (χ0n) is 12.4. The van der Waals surface area contributed by atoms with Crippen molar-refractivity contribution < 1.29 is 9.18 Å². The molecule has 0 aliphatic rings. The van der Waals surface area contributed by atoms with Gasteiger partial charge in [0.05, 0.1) is 5.56 Å². The fourth-order valence-electron chi connectivity index (χ4n) is 2.13. The molecule has 1 aromatic carbocycles. The monoisotopic (exact) mass is 287 g/mol. The van der Waals surface area contributed by atoms with Crippen LogP contribution in [-0.4, -0.2) is 24.5 Å². The van der Waals surface area contributed by atoms with E-state index in [9.17, 15) is 9.18 Å². The van der Waals surface area contributed by atoms with Crippen LogP contribution in [0.15, 0.2) is 36.5 Å². The Balaban J connectivity index is 2.36. The lowest BCUT2D eigenvalue weighted by atomic mass is 10.1. The molecule has 2 aromatic rings. The Bertz CT molecular complexity index is 658. The van der Waals surface area contributed by atoms with E-state index in [0.717, 1.165) is 11.3 Å². The molecule has 5 heteroatoms. The van der Waals surface area contributed by atoms with Gasteiger partial charge in [0.1, 0.15) is 0 Å². The van der Waals surface area contributed by atoms with Gasteiger partial charge in [0.2, 0.25) is 0 Å². The molecule has 1 heterocycles. The van der Waals surface area contributed by atoms with E-state index in [2.05, 4.69) is 10.3 Å². The molecule has 0 spiro atoms. The van der Waals surface area contributed by atoms with Gasteiger partial charge in [-0.05, 0) is 31.5 Å². The highest BCUT2D eigenvalue weighted by atomic mass is 19.1. The number of anilines is 2. The summed E-state index contributed by atoms with van der Waals surface area (Å²) in [7, 11) is 1.64. The van der Waals surface area contributed by atoms with Gasteiger partial charge in [-0.25, -0.2) is 9.37 Å². The van der Waals surface area contributed by atoms with Crippen LogP contribution in [0, 0.1) is 12.7 Å². The van der Waals surface area contributed by atoms with Gasteiger partial charge in [0.15, 0.2) is 11.6 Å². The molecule has 0 unspecified atom stereocenters. The number of aryl methyl sites for hydroxylation is 1. The average molecular weight is 287 g/mol. The van der Waals surface area contributed by atoms with Gasteiger partial charge in [-0.15, -0.1) is 0 Å². The summed E-state index contributed by atoms with van der Waals surface area (Å²) in [6.45, 7) is 4.29. The van der Waals surface area contributed by atoms with Crippen molar-refractivity contribution in [1.82, 2.24) is 4.98 Å². The Hall–Kier alpha value is -2.43. The second-order valence-corrected chi connectivity index (χ2v) is 4.70. The first kappa shape index (κ1) is 15.0. The molecule has 21 heavy (non-hydrogen) atoms. The summed E-state index contributed by atoms with van der Waals surface area (Å²) >= 11 is 0. The lowest BCUT2D eigenvalue weighted by Crippen LogP contribution is -2.28. The molecular weight excluding hydrogens is 269 g/mol. The zero-order chi connectivity index (χ0) is 15.4. The molecule has 1 aromatic heterocycles. The highest BCUT2D eigenvalue weighted by Crippen LogP contribution is 2.22. The maximum Gasteiger partial charge on any atom is 0.261 e. The zero-order valence-corrected chi connectivity index (χ0v) is 12.4. The minimum absolute atomic E-state index is 0.00621. The van der Waals surface area contributed by atoms with Crippen LogP contribution in [0.1, 0.15) is 22.8 Å². The predicted octanol–water partition coefficient (Wildman–Crippen LogP) is 3.24. The molecule has 0 saturated heterocycles. The highest BCUT2D eigenvalue weighted by Gasteiger charge is 2.20. The van der Waals surface area contributed by atoms with Crippen molar-refractivity contribution >= 4 is 17.4 Å². The van der Waals surface area contributed by atoms with Crippen LogP contribution >= 0.6 is 0 Å². The SMILES string of the molecule is CCNc1nccc(C(=O)N(C)c2ccccc2C)c1F. The van der Waals surface area contributed by atoms with E-state index < -0.39 is 11.7 Å². The van der Waals surface area contributed by atoms with Gasteiger partial charge < -0.3 is 10.2 Å². The third kappa shape index (κ3) is 3.02. The van der Waals surface area contributed by atoms with Crippen LogP contribution in [0.2, 0.25) is 0 Å². The fourth-order valence-corrected chi connectivity index (χ4v) is 2.13. The number of hydrogen-bond acceptors (Lipinski definition) is 3. The van der Waals surface area contributed by atoms with Gasteiger partial charge in [-0.1, -0.05) is 18.2 Å². The van der Waals surface area contributed by atoms with Crippen molar-refractivity contribution in [3.05, 3.63) is 53.5 Å². The summed E-state index contributed by atoms with van der Waals surface area (Å²) in [6.07, 6.45) is 1.43. The van der Waals surface area contributed by atoms with Gasteiger partial charge in [0.25, 0.3) is 5.91 Å². The van der Waals surface area contributed by atoms with Crippen LogP contribution in [-0.2, 0) is 0 Å². The largest absolute Gasteiger partial charge is 0.368 e. The number of carbonyl (C=O) groups is 1. The van der Waals surface area contributed by atoms with E-state index in [0.29, 0.717) is 6.54 Å². The number of para-hydroxylation sites is 1. The quantitative estimate of drug-likeness (QED) is 0.939. The Labute approximate surface area is 123 Å². The predicted molar refractivity (Wildman–Crippen MR) is 82.3 cm³/mol. The summed E-state index contributed by atoms with van der Waals surface area (Å²) in [5.74, 6) is -0.922. The average Bonchev–Trinajstić information content (AvgIpc) is 2.49. The third-order valence-corrected chi connectivity index (χ3v) is 3.25. The second-order valence-electron chi connectivity index (χ2n) is 4.70. The number of halogens is 1. The minimum Gasteiger partial charge on any atom is -0.368 e. The smallest absolute Gasteiger partial charge is 0.261 e. The number of hydrogen-bond donors (Lipinski definition) is 1. The van der Waals surface area contributed by atoms with Crippen molar-refractivity contribution in [3.8, 4) is 0 Å². The normalized spacial score (nSPS) is 10.3. The van der Waals surface area contributed by atoms with E-state index in [4.69, 9.17) is 0 Å². The van der Waals surface area contributed by atoms with Gasteiger partial charge in [0, 0.05) is 25.5 Å². The number of pyridine rings is 1. The second kappa shape index (κ2) is 6.35. The first-order valence-electron chi connectivity index (χ1n) is 6.78. The first-order chi connectivity index (χ1) is 10.1. The number of amides is 1. The first-order valence-corrected chi connectivity index (χ1v) is 6.78. The van der Waals surface area contributed by atoms with Crippen molar-refractivity contribution in [2.24, 2.45) is 0 Å². The van der Waals surface area contributed by atoms with Gasteiger partial charge in [-0.3, -0.25) is 4.79 Å². The molecule has 4 nitrogen and oxygen atoms in total. The molecule has 1 amide bonds. The van der Waals surface area contributed by atoms with Crippen molar-refractivity contribution in [2.75, 3.05) is 23.8 Å². The Morgan fingerprint density at radius 2 is 2.05 bits per heavy atom. The molecule has 0 atom stereocenters. The van der Waals surface area contributed by atoms with E-state index in [1.54, 1.807) is 7.05 Å². The van der Waals surface area contributed by atoms with Crippen molar-refractivity contribution in [3.63, 3.8) is 0 Å². The third-order valence-electron chi connectivity index (χ3n) is 3.25. The molecule has 0 radical (unpaired) electrons. The van der Waals surface area contributed by atoms with Gasteiger partial charge >= 0.3 is 0 Å². The number of rotatable bonds is 4. The van der Waals surface area contributed by atoms with Crippen LogP contribution < -0.4 is 10.2 Å². The lowest BCUT2D eigenvalue weighted by molar-refractivity contribution is 0.0989. The van der Waals surface area contributed by atoms with Crippen LogP contribution in [0.25, 0.3) is 0 Å². The number of carbonyl (C=O) groups excluding carboxylic acids is 1. The van der Waals surface area contributed by atoms with Crippen LogP contribution in [0.4, 0.5) is 15.9 Å². The fraction of sp³-hybridized carbons (Fsp3) is 0.250. The standard InChI is InChI=1S/C16H18FN3O/c1-4-18-15-14(17)12(9-10-19-15)16(21)20(3)13-8-6-5-7-11(13)2/h5-10H,4H2,1-3H3,(H,18,19). The van der Waals surface area contributed by atoms with E-state index in [-0.39, 0.29) is 11.4 Å². The molecule has 0 aliphatic heterocycles. The van der Waals surface area contributed by atoms with Crippen molar-refractivity contribution in [1.29, 1.82) is 0 Å². The Morgan fingerprint density at radius 3 is 2.71 bits per heavy atom. The summed E-state index contributed by atoms with van der Waals surface area (Å²) in [4.78, 5) is 17.9. The van der Waals surface area contributed by atoms with Crippen LogP contribution in [0.5, 0.6) is 0 Å². The molecule has 0 saturated carbocycles. The van der Waals surface area contributed by atoms with Gasteiger partial charge in [-0.2, -0.15) is 0 Å². The molecule has 1 N–H and O–H groups in total. The van der Waals surface area contributed by atoms with E-state index in [1.807, 2.05) is 38.1 Å². The van der Waals surface area contributed by atoms with Crippen molar-refractivity contribution in [2.45, 2.75) is 13.8 Å². The van der Waals surface area contributed by atoms with E-state index in [1.165, 1.54) is 17.2 Å². The minimum atomic E-state index is -0.621. The summed E-state index contributed by atoms with van der Waals surface area (Å²) in [5.41, 5.74) is 1.71. The Morgan fingerprint density at radius 1 is 1.33 bits per heavy atom. The summed E-state index contributed by atoms with van der Waals surface area (Å²) < 4.78 is 14.3. The molecule has 0 fully saturated rings. The summed E-state index contributed by atoms with van der Waals surface area (Å²) in [5, 5.41) is 2.80. The maximum atomic E-state index is 14.3. The van der Waals surface area contributed by atoms with E-state index >= 15 is 0 Å². The molecule has 2 rings (SSSR count). The number of benzene rings is 1. The Kier molecular flexibility index (Phi) is 4.52. The maximum absolute atomic E-state index is 14.3. The number of nitrogens with one attached hydrogen (secondary N) is 1. The van der Waals surface area contributed by atoms with Crippen LogP contribution in [0.3, 0.4) is 0 Å². The highest BCUT2D eigenvalue weighted by molar-refractivity contribution is 6.06. The number of nitrogens with zero attached hydrogens (tertiary/aromatic N) is 2.